The molecule has 0 spiro atoms. The van der Waals surface area contributed by atoms with E-state index in [2.05, 4.69) is 22.1 Å². The number of carbonyl (C=O) groups excluding carboxylic acids is 1. The van der Waals surface area contributed by atoms with E-state index in [4.69, 9.17) is 4.74 Å². The zero-order chi connectivity index (χ0) is 19.7. The summed E-state index contributed by atoms with van der Waals surface area (Å²) in [6.45, 7) is 5.68. The predicted molar refractivity (Wildman–Crippen MR) is 112 cm³/mol. The standard InChI is InChI=1S/C20H20N4O2S2/c1-4-10-28-20-21-18-16(22-23-20)14-7-5-6-8-15(14)24(13(3)25)19(26-18)17-12(2)9-11-27-17/h5-9,11,19H,4,10H2,1-3H3/t19-/m1/s1. The maximum absolute atomic E-state index is 12.7. The Labute approximate surface area is 172 Å². The van der Waals surface area contributed by atoms with Crippen LogP contribution in [-0.2, 0) is 4.79 Å². The number of thioether (sulfide) groups is 1. The Hall–Kier alpha value is -2.45. The summed E-state index contributed by atoms with van der Waals surface area (Å²) in [6.07, 6.45) is 0.421. The van der Waals surface area contributed by atoms with Crippen LogP contribution in [0.15, 0.2) is 40.9 Å². The van der Waals surface area contributed by atoms with Gasteiger partial charge in [0.1, 0.15) is 0 Å². The summed E-state index contributed by atoms with van der Waals surface area (Å²) in [6, 6.07) is 9.68. The van der Waals surface area contributed by atoms with E-state index in [0.717, 1.165) is 33.9 Å². The lowest BCUT2D eigenvalue weighted by atomic mass is 10.1. The van der Waals surface area contributed by atoms with E-state index >= 15 is 0 Å². The summed E-state index contributed by atoms with van der Waals surface area (Å²) in [5.41, 5.74) is 3.16. The molecule has 0 saturated heterocycles. The zero-order valence-electron chi connectivity index (χ0n) is 15.9. The lowest BCUT2D eigenvalue weighted by molar-refractivity contribution is -0.118. The number of benzene rings is 1. The van der Waals surface area contributed by atoms with Gasteiger partial charge in [0.25, 0.3) is 0 Å². The van der Waals surface area contributed by atoms with Crippen LogP contribution in [0.1, 0.15) is 36.9 Å². The molecular weight excluding hydrogens is 392 g/mol. The van der Waals surface area contributed by atoms with Crippen LogP contribution in [0.3, 0.4) is 0 Å². The van der Waals surface area contributed by atoms with Crippen LogP contribution in [0, 0.1) is 6.92 Å². The molecule has 28 heavy (non-hydrogen) atoms. The zero-order valence-corrected chi connectivity index (χ0v) is 17.5. The van der Waals surface area contributed by atoms with Crippen molar-refractivity contribution in [2.45, 2.75) is 38.6 Å². The first-order chi connectivity index (χ1) is 13.6. The van der Waals surface area contributed by atoms with Gasteiger partial charge in [-0.05, 0) is 36.4 Å². The Morgan fingerprint density at radius 2 is 2.11 bits per heavy atom. The monoisotopic (exact) mass is 412 g/mol. The number of para-hydroxylation sites is 1. The number of thiophene rings is 1. The highest BCUT2D eigenvalue weighted by Gasteiger charge is 2.35. The van der Waals surface area contributed by atoms with Gasteiger partial charge >= 0.3 is 0 Å². The third-order valence-electron chi connectivity index (χ3n) is 4.41. The van der Waals surface area contributed by atoms with E-state index in [1.165, 1.54) is 0 Å². The number of fused-ring (bicyclic) bond motifs is 3. The molecule has 0 bridgehead atoms. The molecular formula is C20H20N4O2S2. The second-order valence-corrected chi connectivity index (χ2v) is 8.45. The Balaban J connectivity index is 1.91. The molecule has 6 nitrogen and oxygen atoms in total. The lowest BCUT2D eigenvalue weighted by Crippen LogP contribution is -2.35. The summed E-state index contributed by atoms with van der Waals surface area (Å²) in [5, 5.41) is 11.3. The average Bonchev–Trinajstić information content (AvgIpc) is 3.05. The van der Waals surface area contributed by atoms with Gasteiger partial charge in [-0.15, -0.1) is 21.5 Å². The molecule has 0 N–H and O–H groups in total. The fourth-order valence-electron chi connectivity index (χ4n) is 3.12. The minimum absolute atomic E-state index is 0.105. The van der Waals surface area contributed by atoms with Crippen molar-refractivity contribution >= 4 is 34.7 Å². The number of aryl methyl sites for hydroxylation is 1. The molecule has 4 rings (SSSR count). The number of ether oxygens (including phenoxy) is 1. The highest BCUT2D eigenvalue weighted by Crippen LogP contribution is 2.44. The molecule has 1 aromatic carbocycles. The van der Waals surface area contributed by atoms with Crippen molar-refractivity contribution in [3.63, 3.8) is 0 Å². The highest BCUT2D eigenvalue weighted by atomic mass is 32.2. The van der Waals surface area contributed by atoms with E-state index in [1.807, 2.05) is 42.6 Å². The van der Waals surface area contributed by atoms with E-state index in [0.29, 0.717) is 16.7 Å². The molecule has 144 valence electrons. The molecule has 3 heterocycles. The van der Waals surface area contributed by atoms with E-state index < -0.39 is 6.23 Å². The Kier molecular flexibility index (Phi) is 5.32. The fraction of sp³-hybridized carbons (Fsp3) is 0.300. The van der Waals surface area contributed by atoms with Gasteiger partial charge in [0.05, 0.1) is 10.6 Å². The third kappa shape index (κ3) is 3.38. The number of nitrogens with zero attached hydrogens (tertiary/aromatic N) is 4. The number of hydrogen-bond acceptors (Lipinski definition) is 7. The van der Waals surface area contributed by atoms with Crippen molar-refractivity contribution in [2.75, 3.05) is 10.7 Å². The number of aromatic nitrogens is 3. The summed E-state index contributed by atoms with van der Waals surface area (Å²) in [7, 11) is 0. The van der Waals surface area contributed by atoms with E-state index in [-0.39, 0.29) is 5.91 Å². The second kappa shape index (κ2) is 7.89. The smallest absolute Gasteiger partial charge is 0.247 e. The van der Waals surface area contributed by atoms with E-state index in [9.17, 15) is 4.79 Å². The van der Waals surface area contributed by atoms with Crippen LogP contribution in [0.5, 0.6) is 5.88 Å². The van der Waals surface area contributed by atoms with Crippen LogP contribution in [0.2, 0.25) is 0 Å². The van der Waals surface area contributed by atoms with Gasteiger partial charge in [-0.25, -0.2) is 0 Å². The van der Waals surface area contributed by atoms with Crippen molar-refractivity contribution in [2.24, 2.45) is 0 Å². The summed E-state index contributed by atoms with van der Waals surface area (Å²) in [5.74, 6) is 1.21. The molecule has 0 radical (unpaired) electrons. The van der Waals surface area contributed by atoms with E-state index in [1.54, 1.807) is 34.9 Å². The first-order valence-electron chi connectivity index (χ1n) is 9.07. The van der Waals surface area contributed by atoms with Gasteiger partial charge in [0.15, 0.2) is 5.69 Å². The van der Waals surface area contributed by atoms with Gasteiger partial charge in [0, 0.05) is 18.2 Å². The van der Waals surface area contributed by atoms with Crippen molar-refractivity contribution in [3.05, 3.63) is 46.2 Å². The van der Waals surface area contributed by atoms with Gasteiger partial charge in [-0.2, -0.15) is 4.98 Å². The molecule has 0 fully saturated rings. The molecule has 1 amide bonds. The average molecular weight is 413 g/mol. The SMILES string of the molecule is CCCSc1nnc2c(n1)O[C@H](c1sccc1C)N(C(C)=O)c1ccccc1-2. The molecule has 2 aromatic heterocycles. The van der Waals surface area contributed by atoms with Crippen LogP contribution in [0.4, 0.5) is 5.69 Å². The molecule has 1 aliphatic heterocycles. The first-order valence-corrected chi connectivity index (χ1v) is 10.9. The number of rotatable bonds is 4. The second-order valence-electron chi connectivity index (χ2n) is 6.44. The van der Waals surface area contributed by atoms with Crippen molar-refractivity contribution in [1.82, 2.24) is 15.2 Å². The van der Waals surface area contributed by atoms with Crippen LogP contribution < -0.4 is 9.64 Å². The molecule has 0 aliphatic carbocycles. The quantitative estimate of drug-likeness (QED) is 0.570. The minimum atomic E-state index is -0.597. The largest absolute Gasteiger partial charge is 0.446 e. The molecule has 1 aliphatic rings. The molecule has 8 heteroatoms. The topological polar surface area (TPSA) is 68.2 Å². The summed E-state index contributed by atoms with van der Waals surface area (Å²) < 4.78 is 6.35. The molecule has 0 saturated carbocycles. The van der Waals surface area contributed by atoms with Crippen molar-refractivity contribution < 1.29 is 9.53 Å². The molecule has 0 unspecified atom stereocenters. The van der Waals surface area contributed by atoms with Gasteiger partial charge < -0.3 is 4.74 Å². The number of amides is 1. The third-order valence-corrected chi connectivity index (χ3v) is 6.51. The van der Waals surface area contributed by atoms with Gasteiger partial charge in [-0.1, -0.05) is 36.9 Å². The van der Waals surface area contributed by atoms with Crippen molar-refractivity contribution in [3.8, 4) is 17.1 Å². The Morgan fingerprint density at radius 1 is 1.29 bits per heavy atom. The number of anilines is 1. The lowest BCUT2D eigenvalue weighted by Gasteiger charge is -2.29. The summed E-state index contributed by atoms with van der Waals surface area (Å²) in [4.78, 5) is 20.0. The summed E-state index contributed by atoms with van der Waals surface area (Å²) >= 11 is 3.11. The predicted octanol–water partition coefficient (Wildman–Crippen LogP) is 4.85. The minimum Gasteiger partial charge on any atom is -0.446 e. The maximum atomic E-state index is 12.7. The highest BCUT2D eigenvalue weighted by molar-refractivity contribution is 7.99. The fourth-order valence-corrected chi connectivity index (χ4v) is 4.69. The Bertz CT molecular complexity index is 1020. The number of carbonyl (C=O) groups is 1. The van der Waals surface area contributed by atoms with Gasteiger partial charge in [0.2, 0.25) is 23.2 Å². The van der Waals surface area contributed by atoms with Crippen LogP contribution in [-0.4, -0.2) is 26.8 Å². The van der Waals surface area contributed by atoms with Crippen LogP contribution in [0.25, 0.3) is 11.3 Å². The van der Waals surface area contributed by atoms with Gasteiger partial charge in [-0.3, -0.25) is 9.69 Å². The molecule has 3 aromatic rings. The normalized spacial score (nSPS) is 15.4. The molecule has 1 atom stereocenters. The first kappa shape index (κ1) is 18.9. The Morgan fingerprint density at radius 3 is 2.82 bits per heavy atom. The maximum Gasteiger partial charge on any atom is 0.247 e. The number of hydrogen-bond donors (Lipinski definition) is 0. The van der Waals surface area contributed by atoms with Crippen molar-refractivity contribution in [1.29, 1.82) is 0 Å². The van der Waals surface area contributed by atoms with Crippen LogP contribution >= 0.6 is 23.1 Å².